The van der Waals surface area contributed by atoms with Gasteiger partial charge in [-0.3, -0.25) is 4.72 Å². The van der Waals surface area contributed by atoms with E-state index in [1.807, 2.05) is 36.4 Å². The fourth-order valence-corrected chi connectivity index (χ4v) is 4.65. The van der Waals surface area contributed by atoms with E-state index in [0.717, 1.165) is 22.1 Å². The monoisotopic (exact) mass is 396 g/mol. The van der Waals surface area contributed by atoms with Crippen LogP contribution in [0.5, 0.6) is 5.75 Å². The smallest absolute Gasteiger partial charge is 0.235 e. The van der Waals surface area contributed by atoms with Gasteiger partial charge in [0.1, 0.15) is 16.7 Å². The highest BCUT2D eigenvalue weighted by atomic mass is 35.5. The van der Waals surface area contributed by atoms with Gasteiger partial charge in [0.2, 0.25) is 10.0 Å². The molecule has 2 heterocycles. The van der Waals surface area contributed by atoms with Crippen molar-refractivity contribution < 1.29 is 13.2 Å². The number of rotatable bonds is 2. The number of benzene rings is 2. The van der Waals surface area contributed by atoms with E-state index in [9.17, 15) is 8.42 Å². The molecule has 25 heavy (non-hydrogen) atoms. The topological polar surface area (TPSA) is 60.3 Å². The number of hydrogen-bond acceptors (Lipinski definition) is 3. The molecule has 0 fully saturated rings. The molecular weight excluding hydrogens is 383 g/mol. The second-order valence-corrected chi connectivity index (χ2v) is 8.41. The van der Waals surface area contributed by atoms with Crippen LogP contribution in [0.15, 0.2) is 36.4 Å². The predicted molar refractivity (Wildman–Crippen MR) is 101 cm³/mol. The van der Waals surface area contributed by atoms with E-state index >= 15 is 0 Å². The Bertz CT molecular complexity index is 1110. The standard InChI is InChI=1S/C17H14Cl2N2O3S/c1-24-13-5-4-10-8-12(3-2-11(10)9-13)14-15(18)16(19)21-6-7-25(22,23)20-17(14)21/h2-5,8-9,20H,6-7H2,1H3. The van der Waals surface area contributed by atoms with E-state index in [-0.39, 0.29) is 12.3 Å². The fraction of sp³-hybridized carbons (Fsp3) is 0.176. The molecule has 4 rings (SSSR count). The van der Waals surface area contributed by atoms with Crippen LogP contribution in [0.25, 0.3) is 21.9 Å². The zero-order valence-electron chi connectivity index (χ0n) is 13.2. The summed E-state index contributed by atoms with van der Waals surface area (Å²) < 4.78 is 33.5. The summed E-state index contributed by atoms with van der Waals surface area (Å²) in [6.45, 7) is 0.272. The summed E-state index contributed by atoms with van der Waals surface area (Å²) in [4.78, 5) is 0. The normalized spacial score (nSPS) is 15.6. The number of halogens is 2. The van der Waals surface area contributed by atoms with E-state index in [0.29, 0.717) is 21.6 Å². The van der Waals surface area contributed by atoms with Crippen LogP contribution in [0.3, 0.4) is 0 Å². The van der Waals surface area contributed by atoms with Crippen molar-refractivity contribution in [3.8, 4) is 16.9 Å². The van der Waals surface area contributed by atoms with E-state index in [2.05, 4.69) is 4.72 Å². The van der Waals surface area contributed by atoms with Gasteiger partial charge in [-0.2, -0.15) is 0 Å². The average molecular weight is 397 g/mol. The van der Waals surface area contributed by atoms with Crippen molar-refractivity contribution in [1.29, 1.82) is 0 Å². The van der Waals surface area contributed by atoms with E-state index < -0.39 is 10.0 Å². The molecule has 0 saturated heterocycles. The number of methoxy groups -OCH3 is 1. The second kappa shape index (κ2) is 5.83. The summed E-state index contributed by atoms with van der Waals surface area (Å²) in [5.74, 6) is 1.16. The summed E-state index contributed by atoms with van der Waals surface area (Å²) >= 11 is 12.7. The largest absolute Gasteiger partial charge is 0.497 e. The highest BCUT2D eigenvalue weighted by Gasteiger charge is 2.29. The van der Waals surface area contributed by atoms with Crippen molar-refractivity contribution in [3.63, 3.8) is 0 Å². The van der Waals surface area contributed by atoms with Crippen LogP contribution in [0.4, 0.5) is 5.82 Å². The highest BCUT2D eigenvalue weighted by molar-refractivity contribution is 7.92. The molecule has 0 saturated carbocycles. The van der Waals surface area contributed by atoms with Crippen LogP contribution < -0.4 is 9.46 Å². The minimum absolute atomic E-state index is 0.0261. The number of aromatic nitrogens is 1. The first-order valence-corrected chi connectivity index (χ1v) is 9.96. The van der Waals surface area contributed by atoms with Crippen LogP contribution in [0, 0.1) is 0 Å². The highest BCUT2D eigenvalue weighted by Crippen LogP contribution is 2.44. The number of sulfonamides is 1. The van der Waals surface area contributed by atoms with E-state index in [1.54, 1.807) is 11.7 Å². The van der Waals surface area contributed by atoms with Gasteiger partial charge in [0, 0.05) is 12.1 Å². The molecule has 5 nitrogen and oxygen atoms in total. The Morgan fingerprint density at radius 2 is 1.84 bits per heavy atom. The third-order valence-corrected chi connectivity index (χ3v) is 6.40. The van der Waals surface area contributed by atoms with Gasteiger partial charge in [-0.15, -0.1) is 0 Å². The number of ether oxygens (including phenoxy) is 1. The predicted octanol–water partition coefficient (Wildman–Crippen LogP) is 4.38. The summed E-state index contributed by atoms with van der Waals surface area (Å²) in [7, 11) is -1.76. The third-order valence-electron chi connectivity index (χ3n) is 4.32. The average Bonchev–Trinajstić information content (AvgIpc) is 2.83. The molecule has 1 N–H and O–H groups in total. The SMILES string of the molecule is COc1ccc2cc(-c3c(Cl)c(Cl)n4c3NS(=O)(=O)CC4)ccc2c1. The van der Waals surface area contributed by atoms with Crippen LogP contribution >= 0.6 is 23.2 Å². The first-order chi connectivity index (χ1) is 11.9. The van der Waals surface area contributed by atoms with Gasteiger partial charge >= 0.3 is 0 Å². The number of hydrogen-bond donors (Lipinski definition) is 1. The molecule has 0 aliphatic carbocycles. The van der Waals surface area contributed by atoms with Gasteiger partial charge in [-0.05, 0) is 34.5 Å². The van der Waals surface area contributed by atoms with Gasteiger partial charge in [0.25, 0.3) is 0 Å². The fourth-order valence-electron chi connectivity index (χ4n) is 3.05. The molecule has 1 aromatic heterocycles. The van der Waals surface area contributed by atoms with E-state index in [1.165, 1.54) is 0 Å². The van der Waals surface area contributed by atoms with Gasteiger partial charge in [-0.25, -0.2) is 8.42 Å². The molecule has 0 bridgehead atoms. The molecular formula is C17H14Cl2N2O3S. The molecule has 0 spiro atoms. The summed E-state index contributed by atoms with van der Waals surface area (Å²) in [6.07, 6.45) is 0. The molecule has 0 unspecified atom stereocenters. The van der Waals surface area contributed by atoms with Crippen LogP contribution in [0.1, 0.15) is 0 Å². The molecule has 2 aromatic carbocycles. The summed E-state index contributed by atoms with van der Waals surface area (Å²) in [5.41, 5.74) is 1.38. The first-order valence-electron chi connectivity index (χ1n) is 7.56. The number of nitrogens with zero attached hydrogens (tertiary/aromatic N) is 1. The van der Waals surface area contributed by atoms with Gasteiger partial charge in [-0.1, -0.05) is 41.4 Å². The molecule has 0 amide bonds. The lowest BCUT2D eigenvalue weighted by Crippen LogP contribution is -2.27. The lowest BCUT2D eigenvalue weighted by Gasteiger charge is -2.19. The molecule has 130 valence electrons. The van der Waals surface area contributed by atoms with Gasteiger partial charge in [0.05, 0.1) is 17.9 Å². The zero-order chi connectivity index (χ0) is 17.8. The summed E-state index contributed by atoms with van der Waals surface area (Å²) in [6, 6.07) is 11.5. The Labute approximate surface area is 155 Å². The van der Waals surface area contributed by atoms with Crippen molar-refractivity contribution >= 4 is 49.8 Å². The number of fused-ring (bicyclic) bond motifs is 2. The Morgan fingerprint density at radius 3 is 2.60 bits per heavy atom. The van der Waals surface area contributed by atoms with Gasteiger partial charge in [0.15, 0.2) is 0 Å². The van der Waals surface area contributed by atoms with Crippen molar-refractivity contribution in [2.24, 2.45) is 0 Å². The van der Waals surface area contributed by atoms with Crippen molar-refractivity contribution in [2.75, 3.05) is 17.6 Å². The maximum absolute atomic E-state index is 12.0. The number of anilines is 1. The Morgan fingerprint density at radius 1 is 1.12 bits per heavy atom. The maximum Gasteiger partial charge on any atom is 0.235 e. The van der Waals surface area contributed by atoms with Crippen molar-refractivity contribution in [2.45, 2.75) is 6.54 Å². The lowest BCUT2D eigenvalue weighted by atomic mass is 10.0. The number of nitrogens with one attached hydrogen (secondary N) is 1. The van der Waals surface area contributed by atoms with Crippen molar-refractivity contribution in [3.05, 3.63) is 46.6 Å². The van der Waals surface area contributed by atoms with Crippen LogP contribution in [-0.4, -0.2) is 25.8 Å². The van der Waals surface area contributed by atoms with E-state index in [4.69, 9.17) is 27.9 Å². The Hall–Kier alpha value is -1.89. The molecule has 0 radical (unpaired) electrons. The van der Waals surface area contributed by atoms with Crippen LogP contribution in [0.2, 0.25) is 10.2 Å². The third kappa shape index (κ3) is 2.74. The Balaban J connectivity index is 1.92. The van der Waals surface area contributed by atoms with Crippen LogP contribution in [-0.2, 0) is 16.6 Å². The minimum Gasteiger partial charge on any atom is -0.497 e. The lowest BCUT2D eigenvalue weighted by molar-refractivity contribution is 0.415. The first kappa shape index (κ1) is 16.6. The Kier molecular flexibility index (Phi) is 3.86. The second-order valence-electron chi connectivity index (χ2n) is 5.83. The molecule has 1 aliphatic rings. The zero-order valence-corrected chi connectivity index (χ0v) is 15.5. The maximum atomic E-state index is 12.0. The minimum atomic E-state index is -3.39. The quantitative estimate of drug-likeness (QED) is 0.698. The van der Waals surface area contributed by atoms with Crippen molar-refractivity contribution in [1.82, 2.24) is 4.57 Å². The molecule has 8 heteroatoms. The van der Waals surface area contributed by atoms with Gasteiger partial charge < -0.3 is 9.30 Å². The molecule has 0 atom stereocenters. The molecule has 1 aliphatic heterocycles. The molecule has 3 aromatic rings. The summed E-state index contributed by atoms with van der Waals surface area (Å²) in [5, 5.41) is 2.68.